The zero-order chi connectivity index (χ0) is 11.2. The molecule has 2 fully saturated rings. The maximum absolute atomic E-state index is 5.41. The van der Waals surface area contributed by atoms with Gasteiger partial charge in [-0.2, -0.15) is 0 Å². The van der Waals surface area contributed by atoms with Crippen LogP contribution in [0.15, 0.2) is 29.0 Å². The number of piperidine rings is 1. The van der Waals surface area contributed by atoms with Crippen LogP contribution in [0.25, 0.3) is 11.1 Å². The molecule has 4 heterocycles. The van der Waals surface area contributed by atoms with Gasteiger partial charge >= 0.3 is 0 Å². The minimum Gasteiger partial charge on any atom is -0.463 e. The standard InChI is InChI=1S/C13H15N3O/c1-3-16(8-12-9(1)6-14-12)10-5-13-11(15-7-10)2-4-17-13/h2,4-5,7,9,12,14H,1,3,6,8H2/t9-,12-/m0/s1. The Morgan fingerprint density at radius 3 is 3.29 bits per heavy atom. The Kier molecular flexibility index (Phi) is 1.93. The number of anilines is 1. The van der Waals surface area contributed by atoms with E-state index in [0.29, 0.717) is 6.04 Å². The zero-order valence-corrected chi connectivity index (χ0v) is 9.60. The largest absolute Gasteiger partial charge is 0.463 e. The molecular formula is C13H15N3O. The lowest BCUT2D eigenvalue weighted by molar-refractivity contribution is 0.197. The first-order valence-corrected chi connectivity index (χ1v) is 6.22. The van der Waals surface area contributed by atoms with Gasteiger partial charge in [0.25, 0.3) is 0 Å². The lowest BCUT2D eigenvalue weighted by Gasteiger charge is -2.46. The van der Waals surface area contributed by atoms with Crippen LogP contribution in [0.4, 0.5) is 5.69 Å². The van der Waals surface area contributed by atoms with Gasteiger partial charge in [0.1, 0.15) is 5.52 Å². The van der Waals surface area contributed by atoms with Crippen molar-refractivity contribution in [2.45, 2.75) is 12.5 Å². The Bertz CT molecular complexity index is 550. The second kappa shape index (κ2) is 3.47. The third-order valence-corrected chi connectivity index (χ3v) is 4.05. The molecule has 0 amide bonds. The topological polar surface area (TPSA) is 41.3 Å². The maximum Gasteiger partial charge on any atom is 0.154 e. The summed E-state index contributed by atoms with van der Waals surface area (Å²) in [7, 11) is 0. The summed E-state index contributed by atoms with van der Waals surface area (Å²) in [6.45, 7) is 3.43. The molecule has 0 radical (unpaired) electrons. The van der Waals surface area contributed by atoms with Gasteiger partial charge in [-0.05, 0) is 18.9 Å². The molecule has 0 aliphatic carbocycles. The summed E-state index contributed by atoms with van der Waals surface area (Å²) < 4.78 is 5.41. The molecule has 2 atom stereocenters. The summed E-state index contributed by atoms with van der Waals surface area (Å²) in [5.74, 6) is 0.895. The van der Waals surface area contributed by atoms with Crippen LogP contribution in [0.5, 0.6) is 0 Å². The maximum atomic E-state index is 5.41. The van der Waals surface area contributed by atoms with Crippen molar-refractivity contribution < 1.29 is 4.42 Å². The van der Waals surface area contributed by atoms with Crippen molar-refractivity contribution in [3.8, 4) is 0 Å². The quantitative estimate of drug-likeness (QED) is 0.807. The van der Waals surface area contributed by atoms with E-state index in [1.54, 1.807) is 6.26 Å². The van der Waals surface area contributed by atoms with Gasteiger partial charge in [0.05, 0.1) is 18.1 Å². The summed E-state index contributed by atoms with van der Waals surface area (Å²) in [4.78, 5) is 6.83. The SMILES string of the molecule is c1cc2ncc(N3CC[C@H]4CN[C@H]4C3)cc2o1. The summed E-state index contributed by atoms with van der Waals surface area (Å²) in [6.07, 6.45) is 4.94. The second-order valence-electron chi connectivity index (χ2n) is 5.01. The molecule has 4 rings (SSSR count). The molecule has 0 saturated carbocycles. The third kappa shape index (κ3) is 1.44. The molecule has 2 saturated heterocycles. The Morgan fingerprint density at radius 1 is 1.47 bits per heavy atom. The number of hydrogen-bond acceptors (Lipinski definition) is 4. The highest BCUT2D eigenvalue weighted by Crippen LogP contribution is 2.28. The fourth-order valence-corrected chi connectivity index (χ4v) is 2.86. The first-order valence-electron chi connectivity index (χ1n) is 6.22. The molecule has 88 valence electrons. The molecular weight excluding hydrogens is 214 g/mol. The van der Waals surface area contributed by atoms with E-state index in [0.717, 1.165) is 30.1 Å². The molecule has 0 unspecified atom stereocenters. The number of rotatable bonds is 1. The van der Waals surface area contributed by atoms with Gasteiger partial charge in [-0.25, -0.2) is 0 Å². The minimum atomic E-state index is 0.677. The molecule has 2 aliphatic heterocycles. The van der Waals surface area contributed by atoms with E-state index in [9.17, 15) is 0 Å². The molecule has 2 aliphatic rings. The summed E-state index contributed by atoms with van der Waals surface area (Å²) in [5.41, 5.74) is 3.00. The molecule has 0 aromatic carbocycles. The smallest absolute Gasteiger partial charge is 0.154 e. The van der Waals surface area contributed by atoms with E-state index < -0.39 is 0 Å². The monoisotopic (exact) mass is 229 g/mol. The molecule has 4 nitrogen and oxygen atoms in total. The molecule has 4 heteroatoms. The van der Waals surface area contributed by atoms with Crippen molar-refractivity contribution in [3.63, 3.8) is 0 Å². The lowest BCUT2D eigenvalue weighted by Crippen LogP contribution is -2.62. The number of nitrogens with zero attached hydrogens (tertiary/aromatic N) is 2. The van der Waals surface area contributed by atoms with Gasteiger partial charge < -0.3 is 14.6 Å². The number of furan rings is 1. The van der Waals surface area contributed by atoms with E-state index >= 15 is 0 Å². The fraction of sp³-hybridized carbons (Fsp3) is 0.462. The number of aromatic nitrogens is 1. The summed E-state index contributed by atoms with van der Waals surface area (Å²) in [5, 5.41) is 3.49. The van der Waals surface area contributed by atoms with E-state index in [-0.39, 0.29) is 0 Å². The fourth-order valence-electron chi connectivity index (χ4n) is 2.86. The number of pyridine rings is 1. The van der Waals surface area contributed by atoms with Crippen molar-refractivity contribution in [1.29, 1.82) is 0 Å². The average molecular weight is 229 g/mol. The van der Waals surface area contributed by atoms with Crippen LogP contribution in [0.2, 0.25) is 0 Å². The van der Waals surface area contributed by atoms with Crippen LogP contribution in [0.1, 0.15) is 6.42 Å². The highest BCUT2D eigenvalue weighted by Gasteiger charge is 2.35. The molecule has 2 aromatic heterocycles. The van der Waals surface area contributed by atoms with Crippen molar-refractivity contribution in [2.24, 2.45) is 5.92 Å². The molecule has 0 spiro atoms. The number of fused-ring (bicyclic) bond motifs is 2. The highest BCUT2D eigenvalue weighted by atomic mass is 16.3. The summed E-state index contributed by atoms with van der Waals surface area (Å²) >= 11 is 0. The van der Waals surface area contributed by atoms with E-state index in [4.69, 9.17) is 4.42 Å². The van der Waals surface area contributed by atoms with Crippen LogP contribution in [0, 0.1) is 5.92 Å². The van der Waals surface area contributed by atoms with Gasteiger partial charge in [-0.15, -0.1) is 0 Å². The van der Waals surface area contributed by atoms with Crippen molar-refractivity contribution >= 4 is 16.8 Å². The lowest BCUT2D eigenvalue weighted by atomic mass is 9.85. The molecule has 17 heavy (non-hydrogen) atoms. The van der Waals surface area contributed by atoms with Gasteiger partial charge in [-0.3, -0.25) is 4.98 Å². The van der Waals surface area contributed by atoms with E-state index in [1.165, 1.54) is 18.7 Å². The molecule has 1 N–H and O–H groups in total. The Hall–Kier alpha value is -1.55. The van der Waals surface area contributed by atoms with Gasteiger partial charge in [0.2, 0.25) is 0 Å². The number of nitrogens with one attached hydrogen (secondary N) is 1. The van der Waals surface area contributed by atoms with Gasteiger partial charge in [0, 0.05) is 31.3 Å². The first kappa shape index (κ1) is 9.48. The Morgan fingerprint density at radius 2 is 2.47 bits per heavy atom. The second-order valence-corrected chi connectivity index (χ2v) is 5.01. The first-order chi connectivity index (χ1) is 8.40. The van der Waals surface area contributed by atoms with Crippen LogP contribution >= 0.6 is 0 Å². The van der Waals surface area contributed by atoms with E-state index in [2.05, 4.69) is 21.3 Å². The van der Waals surface area contributed by atoms with Crippen LogP contribution < -0.4 is 10.2 Å². The Balaban J connectivity index is 1.64. The highest BCUT2D eigenvalue weighted by molar-refractivity contribution is 5.76. The minimum absolute atomic E-state index is 0.677. The van der Waals surface area contributed by atoms with Crippen LogP contribution in [0.3, 0.4) is 0 Å². The summed E-state index contributed by atoms with van der Waals surface area (Å²) in [6, 6.07) is 4.68. The predicted octanol–water partition coefficient (Wildman–Crippen LogP) is 1.63. The number of hydrogen-bond donors (Lipinski definition) is 1. The average Bonchev–Trinajstić information content (AvgIpc) is 2.78. The zero-order valence-electron chi connectivity index (χ0n) is 9.60. The normalized spacial score (nSPS) is 27.9. The van der Waals surface area contributed by atoms with Crippen LogP contribution in [-0.2, 0) is 0 Å². The van der Waals surface area contributed by atoms with Crippen LogP contribution in [-0.4, -0.2) is 30.7 Å². The predicted molar refractivity (Wildman–Crippen MR) is 66.1 cm³/mol. The Labute approximate surface area is 99.6 Å². The van der Waals surface area contributed by atoms with Gasteiger partial charge in [-0.1, -0.05) is 0 Å². The van der Waals surface area contributed by atoms with Crippen molar-refractivity contribution in [1.82, 2.24) is 10.3 Å². The van der Waals surface area contributed by atoms with Crippen molar-refractivity contribution in [3.05, 3.63) is 24.6 Å². The molecule has 0 bridgehead atoms. The third-order valence-electron chi connectivity index (χ3n) is 4.05. The molecule has 2 aromatic rings. The van der Waals surface area contributed by atoms with Gasteiger partial charge in [0.15, 0.2) is 5.58 Å². The van der Waals surface area contributed by atoms with E-state index in [1.807, 2.05) is 12.3 Å². The van der Waals surface area contributed by atoms with Crippen molar-refractivity contribution in [2.75, 3.05) is 24.5 Å².